The molecule has 0 bridgehead atoms. The highest BCUT2D eigenvalue weighted by Gasteiger charge is 2.36. The van der Waals surface area contributed by atoms with Gasteiger partial charge in [-0.25, -0.2) is 4.39 Å². The lowest BCUT2D eigenvalue weighted by atomic mass is 9.82. The van der Waals surface area contributed by atoms with Crippen LogP contribution in [0.4, 0.5) is 4.39 Å². The summed E-state index contributed by atoms with van der Waals surface area (Å²) in [6.45, 7) is 8.90. The Morgan fingerprint density at radius 2 is 2.09 bits per heavy atom. The van der Waals surface area contributed by atoms with Gasteiger partial charge in [0.05, 0.1) is 23.3 Å². The molecule has 118 valence electrons. The number of hydrogen-bond donors (Lipinski definition) is 1. The lowest BCUT2D eigenvalue weighted by molar-refractivity contribution is -0.126. The molecule has 2 rings (SSSR count). The summed E-state index contributed by atoms with van der Waals surface area (Å²) < 4.78 is 18.9. The fourth-order valence-corrected chi connectivity index (χ4v) is 2.68. The lowest BCUT2D eigenvalue weighted by Crippen LogP contribution is -2.42. The first-order valence-corrected chi connectivity index (χ1v) is 7.09. The van der Waals surface area contributed by atoms with E-state index in [9.17, 15) is 9.18 Å². The third-order valence-electron chi connectivity index (χ3n) is 3.84. The van der Waals surface area contributed by atoms with Crippen molar-refractivity contribution in [3.63, 3.8) is 0 Å². The lowest BCUT2D eigenvalue weighted by Gasteiger charge is -2.26. The number of amides is 1. The SMILES string of the molecule is Cc1noc(C)c1C(C)(C)C(=O)N[C@@H](C)c1ccncc1F. The van der Waals surface area contributed by atoms with Crippen LogP contribution >= 0.6 is 0 Å². The number of carbonyl (C=O) groups is 1. The van der Waals surface area contributed by atoms with Gasteiger partial charge in [-0.15, -0.1) is 0 Å². The topological polar surface area (TPSA) is 68.0 Å². The summed E-state index contributed by atoms with van der Waals surface area (Å²) in [6, 6.07) is 1.10. The molecule has 0 radical (unpaired) electrons. The van der Waals surface area contributed by atoms with Crippen LogP contribution in [0.25, 0.3) is 0 Å². The molecule has 0 fully saturated rings. The monoisotopic (exact) mass is 305 g/mol. The molecule has 0 unspecified atom stereocenters. The third kappa shape index (κ3) is 2.86. The van der Waals surface area contributed by atoms with E-state index in [1.807, 2.05) is 0 Å². The zero-order chi connectivity index (χ0) is 16.5. The van der Waals surface area contributed by atoms with Crippen LogP contribution in [-0.2, 0) is 10.2 Å². The van der Waals surface area contributed by atoms with Crippen molar-refractivity contribution in [2.75, 3.05) is 0 Å². The molecule has 0 aliphatic heterocycles. The average molecular weight is 305 g/mol. The number of nitrogens with zero attached hydrogens (tertiary/aromatic N) is 2. The first-order valence-electron chi connectivity index (χ1n) is 7.09. The molecule has 22 heavy (non-hydrogen) atoms. The van der Waals surface area contributed by atoms with Crippen LogP contribution in [0, 0.1) is 19.7 Å². The van der Waals surface area contributed by atoms with Gasteiger partial charge in [0.15, 0.2) is 0 Å². The second-order valence-electron chi connectivity index (χ2n) is 5.92. The molecular formula is C16H20FN3O2. The van der Waals surface area contributed by atoms with Gasteiger partial charge in [0.2, 0.25) is 5.91 Å². The van der Waals surface area contributed by atoms with Gasteiger partial charge in [-0.1, -0.05) is 5.16 Å². The van der Waals surface area contributed by atoms with E-state index < -0.39 is 17.3 Å². The average Bonchev–Trinajstić information content (AvgIpc) is 2.78. The smallest absolute Gasteiger partial charge is 0.230 e. The molecule has 5 nitrogen and oxygen atoms in total. The van der Waals surface area contributed by atoms with Crippen molar-refractivity contribution in [2.45, 2.75) is 46.1 Å². The minimum Gasteiger partial charge on any atom is -0.361 e. The van der Waals surface area contributed by atoms with E-state index in [2.05, 4.69) is 15.5 Å². The number of aromatic nitrogens is 2. The molecule has 6 heteroatoms. The van der Waals surface area contributed by atoms with Crippen LogP contribution in [-0.4, -0.2) is 16.0 Å². The maximum Gasteiger partial charge on any atom is 0.230 e. The van der Waals surface area contributed by atoms with Crippen molar-refractivity contribution in [1.82, 2.24) is 15.5 Å². The Morgan fingerprint density at radius 3 is 2.64 bits per heavy atom. The summed E-state index contributed by atoms with van der Waals surface area (Å²) in [7, 11) is 0. The van der Waals surface area contributed by atoms with Crippen molar-refractivity contribution < 1.29 is 13.7 Å². The van der Waals surface area contributed by atoms with Gasteiger partial charge in [0, 0.05) is 17.3 Å². The van der Waals surface area contributed by atoms with Gasteiger partial charge < -0.3 is 9.84 Å². The Kier molecular flexibility index (Phi) is 4.30. The highest BCUT2D eigenvalue weighted by molar-refractivity contribution is 5.88. The van der Waals surface area contributed by atoms with Gasteiger partial charge in [0.25, 0.3) is 0 Å². The third-order valence-corrected chi connectivity index (χ3v) is 3.84. The van der Waals surface area contributed by atoms with E-state index >= 15 is 0 Å². The van der Waals surface area contributed by atoms with Crippen molar-refractivity contribution in [2.24, 2.45) is 0 Å². The van der Waals surface area contributed by atoms with E-state index in [1.165, 1.54) is 6.20 Å². The number of pyridine rings is 1. The second-order valence-corrected chi connectivity index (χ2v) is 5.92. The molecule has 2 aromatic heterocycles. The Hall–Kier alpha value is -2.24. The normalized spacial score (nSPS) is 13.0. The Bertz CT molecular complexity index is 675. The predicted octanol–water partition coefficient (Wildman–Crippen LogP) is 2.98. The number of halogens is 1. The van der Waals surface area contributed by atoms with Crippen molar-refractivity contribution >= 4 is 5.91 Å². The van der Waals surface area contributed by atoms with Crippen LogP contribution in [0.2, 0.25) is 0 Å². The molecule has 0 spiro atoms. The molecule has 0 aliphatic rings. The van der Waals surface area contributed by atoms with Crippen LogP contribution in [0.3, 0.4) is 0 Å². The van der Waals surface area contributed by atoms with Gasteiger partial charge in [0.1, 0.15) is 11.6 Å². The fourth-order valence-electron chi connectivity index (χ4n) is 2.68. The number of rotatable bonds is 4. The molecule has 0 aliphatic carbocycles. The largest absolute Gasteiger partial charge is 0.361 e. The van der Waals surface area contributed by atoms with Gasteiger partial charge in [-0.2, -0.15) is 0 Å². The van der Waals surface area contributed by atoms with E-state index in [0.29, 0.717) is 17.0 Å². The first-order chi connectivity index (χ1) is 10.2. The number of nitrogens with one attached hydrogen (secondary N) is 1. The van der Waals surface area contributed by atoms with E-state index in [1.54, 1.807) is 40.7 Å². The van der Waals surface area contributed by atoms with Gasteiger partial charge in [-0.05, 0) is 40.7 Å². The molecule has 2 heterocycles. The summed E-state index contributed by atoms with van der Waals surface area (Å²) in [6.07, 6.45) is 2.64. The Balaban J connectivity index is 2.23. The van der Waals surface area contributed by atoms with Crippen LogP contribution in [0.5, 0.6) is 0 Å². The van der Waals surface area contributed by atoms with Crippen molar-refractivity contribution in [1.29, 1.82) is 0 Å². The van der Waals surface area contributed by atoms with Gasteiger partial charge in [-0.3, -0.25) is 9.78 Å². The number of aryl methyl sites for hydroxylation is 2. The molecule has 1 amide bonds. The number of hydrogen-bond acceptors (Lipinski definition) is 4. The van der Waals surface area contributed by atoms with Crippen molar-refractivity contribution in [3.05, 3.63) is 46.9 Å². The molecule has 0 aromatic carbocycles. The predicted molar refractivity (Wildman–Crippen MR) is 79.8 cm³/mol. The van der Waals surface area contributed by atoms with Crippen LogP contribution < -0.4 is 5.32 Å². The second kappa shape index (κ2) is 5.87. The molecule has 1 N–H and O–H groups in total. The maximum atomic E-state index is 13.7. The Morgan fingerprint density at radius 1 is 1.41 bits per heavy atom. The summed E-state index contributed by atoms with van der Waals surface area (Å²) in [5.41, 5.74) is 1.01. The van der Waals surface area contributed by atoms with E-state index in [4.69, 9.17) is 4.52 Å². The minimum atomic E-state index is -0.827. The molecule has 0 saturated carbocycles. The summed E-state index contributed by atoms with van der Waals surface area (Å²) in [5, 5.41) is 6.74. The minimum absolute atomic E-state index is 0.217. The highest BCUT2D eigenvalue weighted by Crippen LogP contribution is 2.30. The molecule has 0 saturated heterocycles. The quantitative estimate of drug-likeness (QED) is 0.943. The fraction of sp³-hybridized carbons (Fsp3) is 0.438. The molecule has 1 atom stereocenters. The Labute approximate surface area is 128 Å². The standard InChI is InChI=1S/C16H20FN3O2/c1-9(12-6-7-18-8-13(12)17)19-15(21)16(4,5)14-10(2)20-22-11(14)3/h6-9H,1-5H3,(H,19,21)/t9-/m0/s1. The maximum absolute atomic E-state index is 13.7. The van der Waals surface area contributed by atoms with Crippen LogP contribution in [0.1, 0.15) is 49.4 Å². The first kappa shape index (κ1) is 16.1. The molecule has 2 aromatic rings. The van der Waals surface area contributed by atoms with Crippen LogP contribution in [0.15, 0.2) is 23.0 Å². The van der Waals surface area contributed by atoms with E-state index in [-0.39, 0.29) is 5.91 Å². The zero-order valence-corrected chi connectivity index (χ0v) is 13.4. The highest BCUT2D eigenvalue weighted by atomic mass is 19.1. The van der Waals surface area contributed by atoms with Gasteiger partial charge >= 0.3 is 0 Å². The van der Waals surface area contributed by atoms with Crippen molar-refractivity contribution in [3.8, 4) is 0 Å². The number of carbonyl (C=O) groups excluding carboxylic acids is 1. The molecular weight excluding hydrogens is 285 g/mol. The summed E-state index contributed by atoms with van der Waals surface area (Å²) >= 11 is 0. The zero-order valence-electron chi connectivity index (χ0n) is 13.4. The van der Waals surface area contributed by atoms with E-state index in [0.717, 1.165) is 11.8 Å². The summed E-state index contributed by atoms with van der Waals surface area (Å²) in [4.78, 5) is 16.4. The summed E-state index contributed by atoms with van der Waals surface area (Å²) in [5.74, 6) is -0.0450.